The van der Waals surface area contributed by atoms with Gasteiger partial charge >= 0.3 is 5.97 Å². The lowest BCUT2D eigenvalue weighted by atomic mass is 9.99. The van der Waals surface area contributed by atoms with E-state index in [9.17, 15) is 20.1 Å². The standard InChI is InChI=1S/C18H32O5/c1-2-3-5-9-15-10-7-4-6-8-14(19)13-17(21)16(20)11-12-18(22)23-15/h11-12,14-17,19-21H,2-10,13H2,1H3/b12-11+/t14-,15-,16-,17-/m1/s1. The van der Waals surface area contributed by atoms with Crippen LogP contribution in [0.15, 0.2) is 12.2 Å². The maximum absolute atomic E-state index is 11.9. The van der Waals surface area contributed by atoms with E-state index in [0.717, 1.165) is 51.4 Å². The van der Waals surface area contributed by atoms with Crippen LogP contribution >= 0.6 is 0 Å². The van der Waals surface area contributed by atoms with Crippen LogP contribution in [-0.2, 0) is 9.53 Å². The molecule has 0 saturated heterocycles. The number of unbranched alkanes of at least 4 members (excludes halogenated alkanes) is 2. The fourth-order valence-corrected chi connectivity index (χ4v) is 2.86. The molecular weight excluding hydrogens is 296 g/mol. The second kappa shape index (κ2) is 11.6. The van der Waals surface area contributed by atoms with Crippen LogP contribution in [0.2, 0.25) is 0 Å². The van der Waals surface area contributed by atoms with Gasteiger partial charge in [-0.05, 0) is 38.2 Å². The zero-order valence-electron chi connectivity index (χ0n) is 14.2. The van der Waals surface area contributed by atoms with E-state index in [4.69, 9.17) is 4.74 Å². The molecule has 1 rings (SSSR count). The second-order valence-electron chi connectivity index (χ2n) is 6.50. The van der Waals surface area contributed by atoms with Gasteiger partial charge in [-0.25, -0.2) is 4.79 Å². The summed E-state index contributed by atoms with van der Waals surface area (Å²) in [5.74, 6) is -0.477. The summed E-state index contributed by atoms with van der Waals surface area (Å²) in [4.78, 5) is 11.9. The Kier molecular flexibility index (Phi) is 10.2. The molecule has 0 unspecified atom stereocenters. The molecule has 0 aromatic carbocycles. The van der Waals surface area contributed by atoms with Crippen molar-refractivity contribution in [2.24, 2.45) is 0 Å². The monoisotopic (exact) mass is 328 g/mol. The normalized spacial score (nSPS) is 32.8. The number of ether oxygens (including phenoxy) is 1. The van der Waals surface area contributed by atoms with E-state index in [2.05, 4.69) is 6.92 Å². The first-order valence-electron chi connectivity index (χ1n) is 8.96. The molecule has 134 valence electrons. The number of aliphatic hydroxyl groups excluding tert-OH is 3. The van der Waals surface area contributed by atoms with Crippen molar-refractivity contribution >= 4 is 5.97 Å². The van der Waals surface area contributed by atoms with Crippen LogP contribution < -0.4 is 0 Å². The number of hydrogen-bond acceptors (Lipinski definition) is 5. The molecule has 4 atom stereocenters. The third kappa shape index (κ3) is 9.08. The van der Waals surface area contributed by atoms with Gasteiger partial charge in [0.15, 0.2) is 0 Å². The third-order valence-corrected chi connectivity index (χ3v) is 4.31. The minimum atomic E-state index is -1.17. The Bertz CT molecular complexity index is 355. The molecule has 1 aliphatic heterocycles. The average molecular weight is 328 g/mol. The van der Waals surface area contributed by atoms with E-state index in [1.165, 1.54) is 12.2 Å². The molecule has 23 heavy (non-hydrogen) atoms. The van der Waals surface area contributed by atoms with Crippen LogP contribution in [0, 0.1) is 0 Å². The predicted octanol–water partition coefficient (Wildman–Crippen LogP) is 2.47. The first-order chi connectivity index (χ1) is 11.0. The topological polar surface area (TPSA) is 87.0 Å². The van der Waals surface area contributed by atoms with Crippen LogP contribution in [0.1, 0.15) is 71.1 Å². The molecule has 0 saturated carbocycles. The Morgan fingerprint density at radius 3 is 2.61 bits per heavy atom. The number of esters is 1. The van der Waals surface area contributed by atoms with Crippen LogP contribution in [0.5, 0.6) is 0 Å². The molecule has 5 heteroatoms. The quantitative estimate of drug-likeness (QED) is 0.545. The van der Waals surface area contributed by atoms with Gasteiger partial charge in [-0.3, -0.25) is 0 Å². The molecule has 1 aliphatic rings. The van der Waals surface area contributed by atoms with E-state index in [1.807, 2.05) is 0 Å². The van der Waals surface area contributed by atoms with Crippen molar-refractivity contribution in [2.75, 3.05) is 0 Å². The van der Waals surface area contributed by atoms with Gasteiger partial charge in [0.25, 0.3) is 0 Å². The molecular formula is C18H32O5. The Morgan fingerprint density at radius 2 is 1.87 bits per heavy atom. The van der Waals surface area contributed by atoms with Crippen molar-refractivity contribution in [3.8, 4) is 0 Å². The molecule has 0 aliphatic carbocycles. The zero-order valence-corrected chi connectivity index (χ0v) is 14.2. The molecule has 0 amide bonds. The van der Waals surface area contributed by atoms with Crippen LogP contribution in [0.25, 0.3) is 0 Å². The Labute approximate surface area is 139 Å². The number of hydrogen-bond donors (Lipinski definition) is 3. The molecule has 0 spiro atoms. The van der Waals surface area contributed by atoms with Crippen molar-refractivity contribution in [1.82, 2.24) is 0 Å². The molecule has 0 bridgehead atoms. The minimum Gasteiger partial charge on any atom is -0.459 e. The number of rotatable bonds is 4. The van der Waals surface area contributed by atoms with E-state index >= 15 is 0 Å². The van der Waals surface area contributed by atoms with E-state index in [1.54, 1.807) is 0 Å². The van der Waals surface area contributed by atoms with Gasteiger partial charge in [-0.15, -0.1) is 0 Å². The number of cyclic esters (lactones) is 1. The van der Waals surface area contributed by atoms with Crippen LogP contribution in [-0.4, -0.2) is 45.7 Å². The fraction of sp³-hybridized carbons (Fsp3) is 0.833. The number of aliphatic hydroxyl groups is 3. The highest BCUT2D eigenvalue weighted by molar-refractivity contribution is 5.82. The highest BCUT2D eigenvalue weighted by Gasteiger charge is 2.19. The van der Waals surface area contributed by atoms with Crippen molar-refractivity contribution < 1.29 is 24.9 Å². The lowest BCUT2D eigenvalue weighted by molar-refractivity contribution is -0.143. The maximum Gasteiger partial charge on any atom is 0.330 e. The van der Waals surface area contributed by atoms with Crippen molar-refractivity contribution in [3.63, 3.8) is 0 Å². The number of carbonyl (C=O) groups excluding carboxylic acids is 1. The average Bonchev–Trinajstić information content (AvgIpc) is 2.51. The third-order valence-electron chi connectivity index (χ3n) is 4.31. The van der Waals surface area contributed by atoms with Gasteiger partial charge in [0, 0.05) is 12.5 Å². The molecule has 5 nitrogen and oxygen atoms in total. The zero-order chi connectivity index (χ0) is 17.1. The second-order valence-corrected chi connectivity index (χ2v) is 6.50. The van der Waals surface area contributed by atoms with E-state index < -0.39 is 24.3 Å². The van der Waals surface area contributed by atoms with Gasteiger partial charge in [0.05, 0.1) is 18.3 Å². The fourth-order valence-electron chi connectivity index (χ4n) is 2.86. The van der Waals surface area contributed by atoms with Crippen molar-refractivity contribution in [2.45, 2.75) is 95.5 Å². The highest BCUT2D eigenvalue weighted by atomic mass is 16.5. The lowest BCUT2D eigenvalue weighted by Gasteiger charge is -2.20. The first-order valence-corrected chi connectivity index (χ1v) is 8.96. The van der Waals surface area contributed by atoms with Gasteiger partial charge in [0.2, 0.25) is 0 Å². The summed E-state index contributed by atoms with van der Waals surface area (Å²) in [6.07, 6.45) is 8.00. The lowest BCUT2D eigenvalue weighted by Crippen LogP contribution is -2.29. The van der Waals surface area contributed by atoms with Gasteiger partial charge in [-0.1, -0.05) is 32.6 Å². The van der Waals surface area contributed by atoms with E-state index in [0.29, 0.717) is 6.42 Å². The summed E-state index contributed by atoms with van der Waals surface area (Å²) in [5, 5.41) is 29.5. The summed E-state index contributed by atoms with van der Waals surface area (Å²) in [7, 11) is 0. The minimum absolute atomic E-state index is 0.0892. The van der Waals surface area contributed by atoms with E-state index in [-0.39, 0.29) is 12.5 Å². The van der Waals surface area contributed by atoms with Gasteiger partial charge < -0.3 is 20.1 Å². The van der Waals surface area contributed by atoms with Crippen molar-refractivity contribution in [1.29, 1.82) is 0 Å². The summed E-state index contributed by atoms with van der Waals surface area (Å²) >= 11 is 0. The summed E-state index contributed by atoms with van der Waals surface area (Å²) in [5.41, 5.74) is 0. The van der Waals surface area contributed by atoms with Crippen molar-refractivity contribution in [3.05, 3.63) is 12.2 Å². The first kappa shape index (κ1) is 20.1. The molecule has 0 aromatic heterocycles. The Morgan fingerprint density at radius 1 is 1.13 bits per heavy atom. The Balaban J connectivity index is 2.63. The molecule has 0 radical (unpaired) electrons. The number of carbonyl (C=O) groups is 1. The Hall–Kier alpha value is -0.910. The summed E-state index contributed by atoms with van der Waals surface area (Å²) in [6.45, 7) is 2.14. The molecule has 0 aromatic rings. The predicted molar refractivity (Wildman–Crippen MR) is 88.9 cm³/mol. The highest BCUT2D eigenvalue weighted by Crippen LogP contribution is 2.18. The smallest absolute Gasteiger partial charge is 0.330 e. The van der Waals surface area contributed by atoms with Crippen LogP contribution in [0.4, 0.5) is 0 Å². The molecule has 1 heterocycles. The maximum atomic E-state index is 11.9. The largest absolute Gasteiger partial charge is 0.459 e. The SMILES string of the molecule is CCCCC[C@@H]1CCCCC[C@@H](O)C[C@@H](O)[C@H](O)/C=C/C(=O)O1. The van der Waals surface area contributed by atoms with Gasteiger partial charge in [-0.2, -0.15) is 0 Å². The van der Waals surface area contributed by atoms with Crippen LogP contribution in [0.3, 0.4) is 0 Å². The summed E-state index contributed by atoms with van der Waals surface area (Å²) in [6, 6.07) is 0. The summed E-state index contributed by atoms with van der Waals surface area (Å²) < 4.78 is 5.48. The van der Waals surface area contributed by atoms with Gasteiger partial charge in [0.1, 0.15) is 6.10 Å². The molecule has 0 fully saturated rings. The molecule has 3 N–H and O–H groups in total.